The van der Waals surface area contributed by atoms with Gasteiger partial charge in [-0.15, -0.1) is 0 Å². The highest BCUT2D eigenvalue weighted by Gasteiger charge is 2.15. The number of carbonyl (C=O) groups is 1. The summed E-state index contributed by atoms with van der Waals surface area (Å²) >= 11 is 0. The van der Waals surface area contributed by atoms with Crippen molar-refractivity contribution in [1.29, 1.82) is 0 Å². The summed E-state index contributed by atoms with van der Waals surface area (Å²) < 4.78 is 16.7. The molecule has 6 heteroatoms. The number of ether oxygens (including phenoxy) is 3. The molecule has 1 fully saturated rings. The highest BCUT2D eigenvalue weighted by atomic mass is 16.5. The first-order valence-corrected chi connectivity index (χ1v) is 8.81. The van der Waals surface area contributed by atoms with Crippen LogP contribution in [0.15, 0.2) is 54.6 Å². The molecule has 1 aliphatic heterocycles. The van der Waals surface area contributed by atoms with Gasteiger partial charge in [-0.3, -0.25) is 9.69 Å². The molecule has 1 aliphatic rings. The van der Waals surface area contributed by atoms with Crippen molar-refractivity contribution in [1.82, 2.24) is 4.90 Å². The van der Waals surface area contributed by atoms with Gasteiger partial charge in [-0.2, -0.15) is 0 Å². The minimum atomic E-state index is -0.0523. The van der Waals surface area contributed by atoms with Gasteiger partial charge in [0, 0.05) is 13.1 Å². The SMILES string of the molecule is O=C(CN1CCOCC1)Nc1ccccc1OCCOc1ccccc1. The lowest BCUT2D eigenvalue weighted by Gasteiger charge is -2.25. The zero-order valence-corrected chi connectivity index (χ0v) is 14.7. The Labute approximate surface area is 153 Å². The maximum absolute atomic E-state index is 12.3. The molecule has 0 atom stereocenters. The Morgan fingerprint density at radius 2 is 1.65 bits per heavy atom. The van der Waals surface area contributed by atoms with Crippen LogP contribution in [-0.2, 0) is 9.53 Å². The molecule has 26 heavy (non-hydrogen) atoms. The van der Waals surface area contributed by atoms with Crippen molar-refractivity contribution in [3.63, 3.8) is 0 Å². The molecular formula is C20H24N2O4. The van der Waals surface area contributed by atoms with Crippen LogP contribution in [0, 0.1) is 0 Å². The average molecular weight is 356 g/mol. The maximum atomic E-state index is 12.3. The number of hydrogen-bond acceptors (Lipinski definition) is 5. The molecule has 2 aromatic carbocycles. The van der Waals surface area contributed by atoms with Crippen molar-refractivity contribution in [2.45, 2.75) is 0 Å². The predicted molar refractivity (Wildman–Crippen MR) is 99.8 cm³/mol. The molecule has 1 N–H and O–H groups in total. The van der Waals surface area contributed by atoms with E-state index in [-0.39, 0.29) is 5.91 Å². The van der Waals surface area contributed by atoms with Gasteiger partial charge >= 0.3 is 0 Å². The summed E-state index contributed by atoms with van der Waals surface area (Å²) in [6, 6.07) is 17.0. The fourth-order valence-corrected chi connectivity index (χ4v) is 2.68. The smallest absolute Gasteiger partial charge is 0.238 e. The number of nitrogens with one attached hydrogen (secondary N) is 1. The normalized spacial score (nSPS) is 14.6. The highest BCUT2D eigenvalue weighted by molar-refractivity contribution is 5.93. The molecule has 3 rings (SSSR count). The van der Waals surface area contributed by atoms with Gasteiger partial charge in [0.2, 0.25) is 5.91 Å². The molecule has 0 aromatic heterocycles. The summed E-state index contributed by atoms with van der Waals surface area (Å²) in [6.07, 6.45) is 0. The van der Waals surface area contributed by atoms with E-state index in [1.54, 1.807) is 0 Å². The third-order valence-corrected chi connectivity index (χ3v) is 3.98. The third-order valence-electron chi connectivity index (χ3n) is 3.98. The fourth-order valence-electron chi connectivity index (χ4n) is 2.68. The lowest BCUT2D eigenvalue weighted by Crippen LogP contribution is -2.41. The molecule has 2 aromatic rings. The molecule has 1 heterocycles. The Morgan fingerprint density at radius 3 is 2.46 bits per heavy atom. The maximum Gasteiger partial charge on any atom is 0.238 e. The summed E-state index contributed by atoms with van der Waals surface area (Å²) in [5.74, 6) is 1.39. The van der Waals surface area contributed by atoms with Gasteiger partial charge < -0.3 is 19.5 Å². The molecule has 0 unspecified atom stereocenters. The standard InChI is InChI=1S/C20H24N2O4/c23-20(16-22-10-12-24-13-11-22)21-18-8-4-5-9-19(18)26-15-14-25-17-6-2-1-3-7-17/h1-9H,10-16H2,(H,21,23). The van der Waals surface area contributed by atoms with Crippen molar-refractivity contribution in [2.75, 3.05) is 51.4 Å². The van der Waals surface area contributed by atoms with E-state index in [1.165, 1.54) is 0 Å². The third kappa shape index (κ3) is 5.75. The molecular weight excluding hydrogens is 332 g/mol. The number of amides is 1. The second-order valence-corrected chi connectivity index (χ2v) is 5.94. The lowest BCUT2D eigenvalue weighted by molar-refractivity contribution is -0.118. The minimum Gasteiger partial charge on any atom is -0.490 e. The fraction of sp³-hybridized carbons (Fsp3) is 0.350. The van der Waals surface area contributed by atoms with Crippen LogP contribution in [0.3, 0.4) is 0 Å². The molecule has 0 spiro atoms. The molecule has 0 bridgehead atoms. The largest absolute Gasteiger partial charge is 0.490 e. The quantitative estimate of drug-likeness (QED) is 0.736. The Hall–Kier alpha value is -2.57. The van der Waals surface area contributed by atoms with E-state index in [4.69, 9.17) is 14.2 Å². The number of morpholine rings is 1. The van der Waals surface area contributed by atoms with Crippen LogP contribution in [-0.4, -0.2) is 56.9 Å². The van der Waals surface area contributed by atoms with Crippen molar-refractivity contribution < 1.29 is 19.0 Å². The number of anilines is 1. The molecule has 0 aliphatic carbocycles. The van der Waals surface area contributed by atoms with E-state index in [9.17, 15) is 4.79 Å². The summed E-state index contributed by atoms with van der Waals surface area (Å²) in [7, 11) is 0. The van der Waals surface area contributed by atoms with Gasteiger partial charge in [-0.25, -0.2) is 0 Å². The van der Waals surface area contributed by atoms with E-state index in [0.29, 0.717) is 44.4 Å². The number of nitrogens with zero attached hydrogens (tertiary/aromatic N) is 1. The van der Waals surface area contributed by atoms with Gasteiger partial charge in [0.15, 0.2) is 0 Å². The zero-order valence-electron chi connectivity index (χ0n) is 14.7. The molecule has 1 saturated heterocycles. The Morgan fingerprint density at radius 1 is 0.962 bits per heavy atom. The van der Waals surface area contributed by atoms with E-state index in [0.717, 1.165) is 18.8 Å². The second kappa shape index (κ2) is 9.79. The van der Waals surface area contributed by atoms with E-state index < -0.39 is 0 Å². The first-order chi connectivity index (χ1) is 12.8. The predicted octanol–water partition coefficient (Wildman–Crippen LogP) is 2.42. The van der Waals surface area contributed by atoms with Crippen LogP contribution in [0.5, 0.6) is 11.5 Å². The van der Waals surface area contributed by atoms with Crippen LogP contribution in [0.25, 0.3) is 0 Å². The van der Waals surface area contributed by atoms with Crippen LogP contribution in [0.1, 0.15) is 0 Å². The summed E-state index contributed by atoms with van der Waals surface area (Å²) in [4.78, 5) is 14.4. The van der Waals surface area contributed by atoms with Crippen LogP contribution >= 0.6 is 0 Å². The van der Waals surface area contributed by atoms with Crippen LogP contribution in [0.4, 0.5) is 5.69 Å². The number of para-hydroxylation sites is 3. The molecule has 0 saturated carbocycles. The molecule has 1 amide bonds. The minimum absolute atomic E-state index is 0.0523. The van der Waals surface area contributed by atoms with Crippen LogP contribution < -0.4 is 14.8 Å². The Kier molecular flexibility index (Phi) is 6.87. The summed E-state index contributed by atoms with van der Waals surface area (Å²) in [5, 5.41) is 2.93. The zero-order chi connectivity index (χ0) is 18.0. The van der Waals surface area contributed by atoms with Crippen LogP contribution in [0.2, 0.25) is 0 Å². The average Bonchev–Trinajstić information content (AvgIpc) is 2.68. The second-order valence-electron chi connectivity index (χ2n) is 5.94. The first-order valence-electron chi connectivity index (χ1n) is 8.81. The van der Waals surface area contributed by atoms with E-state index in [2.05, 4.69) is 10.2 Å². The topological polar surface area (TPSA) is 60.0 Å². The number of hydrogen-bond donors (Lipinski definition) is 1. The molecule has 0 radical (unpaired) electrons. The van der Waals surface area contributed by atoms with Gasteiger partial charge in [-0.1, -0.05) is 30.3 Å². The lowest BCUT2D eigenvalue weighted by atomic mass is 10.3. The van der Waals surface area contributed by atoms with Gasteiger partial charge in [0.25, 0.3) is 0 Å². The van der Waals surface area contributed by atoms with Gasteiger partial charge in [0.1, 0.15) is 24.7 Å². The number of benzene rings is 2. The van der Waals surface area contributed by atoms with E-state index in [1.807, 2.05) is 54.6 Å². The Balaban J connectivity index is 1.46. The highest BCUT2D eigenvalue weighted by Crippen LogP contribution is 2.23. The van der Waals surface area contributed by atoms with Crippen molar-refractivity contribution in [2.24, 2.45) is 0 Å². The van der Waals surface area contributed by atoms with Crippen molar-refractivity contribution in [3.8, 4) is 11.5 Å². The van der Waals surface area contributed by atoms with Crippen molar-refractivity contribution in [3.05, 3.63) is 54.6 Å². The molecule has 138 valence electrons. The summed E-state index contributed by atoms with van der Waals surface area (Å²) in [5.41, 5.74) is 0.672. The van der Waals surface area contributed by atoms with E-state index >= 15 is 0 Å². The molecule has 6 nitrogen and oxygen atoms in total. The van der Waals surface area contributed by atoms with Crippen molar-refractivity contribution >= 4 is 11.6 Å². The number of carbonyl (C=O) groups excluding carboxylic acids is 1. The van der Waals surface area contributed by atoms with Gasteiger partial charge in [0.05, 0.1) is 25.4 Å². The summed E-state index contributed by atoms with van der Waals surface area (Å²) in [6.45, 7) is 4.09. The monoisotopic (exact) mass is 356 g/mol. The Bertz CT molecular complexity index is 687. The first kappa shape index (κ1) is 18.2. The number of rotatable bonds is 8. The van der Waals surface area contributed by atoms with Gasteiger partial charge in [-0.05, 0) is 24.3 Å².